The van der Waals surface area contributed by atoms with Crippen LogP contribution in [0.5, 0.6) is 0 Å². The number of likely N-dealkylation sites (tertiary alicyclic amines) is 1. The number of aliphatic carboxylic acids is 1. The fourth-order valence-corrected chi connectivity index (χ4v) is 3.29. The Labute approximate surface area is 117 Å². The van der Waals surface area contributed by atoms with Gasteiger partial charge in [-0.1, -0.05) is 0 Å². The second kappa shape index (κ2) is 5.16. The normalized spacial score (nSPS) is 34.6. The van der Waals surface area contributed by atoms with E-state index in [0.29, 0.717) is 12.8 Å². The lowest BCUT2D eigenvalue weighted by atomic mass is 9.86. The molecule has 2 saturated carbocycles. The van der Waals surface area contributed by atoms with E-state index in [4.69, 9.17) is 5.11 Å². The fraction of sp³-hybridized carbons (Fsp3) is 0.786. The van der Waals surface area contributed by atoms with Crippen LogP contribution in [0.2, 0.25) is 0 Å². The van der Waals surface area contributed by atoms with Gasteiger partial charge < -0.3 is 10.4 Å². The first-order chi connectivity index (χ1) is 9.56. The zero-order chi connectivity index (χ0) is 14.3. The molecule has 3 rings (SSSR count). The van der Waals surface area contributed by atoms with Gasteiger partial charge in [-0.2, -0.15) is 0 Å². The minimum absolute atomic E-state index is 0.0609. The average molecular weight is 280 g/mol. The van der Waals surface area contributed by atoms with Gasteiger partial charge in [-0.05, 0) is 38.5 Å². The molecule has 1 aliphatic heterocycles. The molecule has 3 fully saturated rings. The molecule has 2 aliphatic carbocycles. The molecule has 0 bridgehead atoms. The summed E-state index contributed by atoms with van der Waals surface area (Å²) in [5.41, 5.74) is 0. The zero-order valence-electron chi connectivity index (χ0n) is 11.4. The maximum Gasteiger partial charge on any atom is 0.306 e. The predicted octanol–water partition coefficient (Wildman–Crippen LogP) is 0.509. The highest BCUT2D eigenvalue weighted by molar-refractivity contribution is 6.06. The van der Waals surface area contributed by atoms with Gasteiger partial charge in [0, 0.05) is 12.1 Å². The van der Waals surface area contributed by atoms with Crippen molar-refractivity contribution >= 4 is 17.8 Å². The first-order valence-corrected chi connectivity index (χ1v) is 7.41. The quantitative estimate of drug-likeness (QED) is 0.733. The summed E-state index contributed by atoms with van der Waals surface area (Å²) in [6.45, 7) is 0. The van der Waals surface area contributed by atoms with Gasteiger partial charge >= 0.3 is 5.97 Å². The molecule has 1 heterocycles. The molecule has 110 valence electrons. The van der Waals surface area contributed by atoms with Gasteiger partial charge in [0.1, 0.15) is 0 Å². The summed E-state index contributed by atoms with van der Waals surface area (Å²) in [7, 11) is 0. The van der Waals surface area contributed by atoms with Crippen LogP contribution in [0.3, 0.4) is 0 Å². The summed E-state index contributed by atoms with van der Waals surface area (Å²) < 4.78 is 0. The van der Waals surface area contributed by atoms with Crippen LogP contribution in [0.4, 0.5) is 0 Å². The van der Waals surface area contributed by atoms with Crippen LogP contribution in [-0.2, 0) is 14.4 Å². The summed E-state index contributed by atoms with van der Waals surface area (Å²) in [5, 5.41) is 12.2. The number of rotatable bonds is 4. The third kappa shape index (κ3) is 2.57. The first kappa shape index (κ1) is 13.5. The van der Waals surface area contributed by atoms with Crippen molar-refractivity contribution in [1.82, 2.24) is 10.2 Å². The smallest absolute Gasteiger partial charge is 0.306 e. The molecular weight excluding hydrogens is 260 g/mol. The van der Waals surface area contributed by atoms with Crippen molar-refractivity contribution < 1.29 is 19.5 Å². The Hall–Kier alpha value is -1.43. The topological polar surface area (TPSA) is 86.7 Å². The van der Waals surface area contributed by atoms with E-state index in [9.17, 15) is 14.4 Å². The van der Waals surface area contributed by atoms with E-state index in [1.165, 1.54) is 4.90 Å². The summed E-state index contributed by atoms with van der Waals surface area (Å²) in [6, 6.07) is -0.0921. The standard InChI is InChI=1S/C14H20N2O4/c17-12-7-11(13(18)16(12)10-5-6-10)15-9-3-1-8(2-4-9)14(19)20/h8-11,15H,1-7H2,(H,19,20). The average Bonchev–Trinajstić information content (AvgIpc) is 3.19. The Kier molecular flexibility index (Phi) is 3.50. The van der Waals surface area contributed by atoms with Gasteiger partial charge in [0.2, 0.25) is 11.8 Å². The van der Waals surface area contributed by atoms with Crippen molar-refractivity contribution in [2.75, 3.05) is 0 Å². The van der Waals surface area contributed by atoms with Gasteiger partial charge in [-0.25, -0.2) is 0 Å². The SMILES string of the molecule is O=C(O)C1CCC(NC2CC(=O)N(C3CC3)C2=O)CC1. The van der Waals surface area contributed by atoms with Crippen molar-refractivity contribution in [2.45, 2.75) is 63.1 Å². The van der Waals surface area contributed by atoms with Crippen LogP contribution < -0.4 is 5.32 Å². The highest BCUT2D eigenvalue weighted by atomic mass is 16.4. The van der Waals surface area contributed by atoms with Crippen molar-refractivity contribution in [2.24, 2.45) is 5.92 Å². The minimum atomic E-state index is -0.726. The summed E-state index contributed by atoms with van der Waals surface area (Å²) in [5.74, 6) is -1.13. The Morgan fingerprint density at radius 1 is 1.10 bits per heavy atom. The lowest BCUT2D eigenvalue weighted by Crippen LogP contribution is -2.45. The second-order valence-corrected chi connectivity index (χ2v) is 6.14. The lowest BCUT2D eigenvalue weighted by molar-refractivity contribution is -0.143. The molecule has 6 nitrogen and oxygen atoms in total. The van der Waals surface area contributed by atoms with Crippen LogP contribution in [0.15, 0.2) is 0 Å². The largest absolute Gasteiger partial charge is 0.481 e. The Morgan fingerprint density at radius 2 is 1.75 bits per heavy atom. The molecule has 6 heteroatoms. The number of imide groups is 1. The monoisotopic (exact) mass is 280 g/mol. The number of carbonyl (C=O) groups excluding carboxylic acids is 2. The van der Waals surface area contributed by atoms with Gasteiger partial charge in [-0.3, -0.25) is 19.3 Å². The first-order valence-electron chi connectivity index (χ1n) is 7.41. The van der Waals surface area contributed by atoms with Crippen molar-refractivity contribution in [3.05, 3.63) is 0 Å². The van der Waals surface area contributed by atoms with Crippen LogP contribution in [-0.4, -0.2) is 45.9 Å². The number of nitrogens with zero attached hydrogens (tertiary/aromatic N) is 1. The maximum atomic E-state index is 12.2. The molecule has 0 radical (unpaired) electrons. The van der Waals surface area contributed by atoms with Crippen LogP contribution >= 0.6 is 0 Å². The highest BCUT2D eigenvalue weighted by Gasteiger charge is 2.46. The Balaban J connectivity index is 1.53. The van der Waals surface area contributed by atoms with E-state index in [-0.39, 0.29) is 36.2 Å². The zero-order valence-corrected chi connectivity index (χ0v) is 11.4. The molecule has 0 aromatic carbocycles. The number of carbonyl (C=O) groups is 3. The number of carboxylic acid groups (broad SMARTS) is 1. The molecule has 0 aromatic heterocycles. The van der Waals surface area contributed by atoms with Gasteiger partial charge in [0.05, 0.1) is 18.4 Å². The third-order valence-electron chi connectivity index (χ3n) is 4.61. The summed E-state index contributed by atoms with van der Waals surface area (Å²) in [6.07, 6.45) is 4.95. The summed E-state index contributed by atoms with van der Waals surface area (Å²) >= 11 is 0. The molecule has 1 saturated heterocycles. The third-order valence-corrected chi connectivity index (χ3v) is 4.61. The molecule has 3 aliphatic rings. The number of nitrogens with one attached hydrogen (secondary N) is 1. The van der Waals surface area contributed by atoms with Crippen molar-refractivity contribution in [3.63, 3.8) is 0 Å². The Bertz CT molecular complexity index is 438. The predicted molar refractivity (Wildman–Crippen MR) is 69.8 cm³/mol. The van der Waals surface area contributed by atoms with Crippen LogP contribution in [0.25, 0.3) is 0 Å². The number of hydrogen-bond donors (Lipinski definition) is 2. The summed E-state index contributed by atoms with van der Waals surface area (Å²) in [4.78, 5) is 36.4. The molecule has 1 atom stereocenters. The lowest BCUT2D eigenvalue weighted by Gasteiger charge is -2.28. The molecule has 2 N–H and O–H groups in total. The van der Waals surface area contributed by atoms with Gasteiger partial charge in [-0.15, -0.1) is 0 Å². The fourth-order valence-electron chi connectivity index (χ4n) is 3.29. The molecule has 2 amide bonds. The Morgan fingerprint density at radius 3 is 2.30 bits per heavy atom. The molecule has 20 heavy (non-hydrogen) atoms. The molecular formula is C14H20N2O4. The van der Waals surface area contributed by atoms with E-state index in [2.05, 4.69) is 5.32 Å². The molecule has 1 unspecified atom stereocenters. The van der Waals surface area contributed by atoms with E-state index in [1.807, 2.05) is 0 Å². The van der Waals surface area contributed by atoms with Crippen LogP contribution in [0.1, 0.15) is 44.9 Å². The second-order valence-electron chi connectivity index (χ2n) is 6.14. The minimum Gasteiger partial charge on any atom is -0.481 e. The number of carboxylic acids is 1. The van der Waals surface area contributed by atoms with E-state index < -0.39 is 12.0 Å². The van der Waals surface area contributed by atoms with Gasteiger partial charge in [0.15, 0.2) is 0 Å². The number of amides is 2. The maximum absolute atomic E-state index is 12.2. The van der Waals surface area contributed by atoms with E-state index in [0.717, 1.165) is 25.7 Å². The number of hydrogen-bond acceptors (Lipinski definition) is 4. The molecule has 0 spiro atoms. The van der Waals surface area contributed by atoms with Crippen molar-refractivity contribution in [3.8, 4) is 0 Å². The van der Waals surface area contributed by atoms with Gasteiger partial charge in [0.25, 0.3) is 0 Å². The van der Waals surface area contributed by atoms with E-state index in [1.54, 1.807) is 0 Å². The highest BCUT2D eigenvalue weighted by Crippen LogP contribution is 2.32. The van der Waals surface area contributed by atoms with Crippen LogP contribution in [0, 0.1) is 5.92 Å². The van der Waals surface area contributed by atoms with Crippen molar-refractivity contribution in [1.29, 1.82) is 0 Å². The molecule has 0 aromatic rings. The van der Waals surface area contributed by atoms with E-state index >= 15 is 0 Å².